The van der Waals surface area contributed by atoms with E-state index >= 15 is 0 Å². The fourth-order valence-electron chi connectivity index (χ4n) is 4.02. The van der Waals surface area contributed by atoms with Gasteiger partial charge in [0.05, 0.1) is 77.4 Å². The SMILES string of the molecule is C.CC(C(C)C(F)(F)F)C(F)(F)F.CC(C(C)C(F)(F)F)C(F)(F)F.CC(C(C)C(F)(F)F)C(F)(F)F.CC(C(CC(F)(F)F)C(F)(F)F)C(F)(F)F.CC(CCC(F)(F)F)C(F)(F)F.CC(CCC(F)(F)F)C(F)(F)F.CC(CF)C(F)(F)F.CC(CF)C(F)(F)F.FCC(F)(F)F.FCC(F)(F)F. The Morgan fingerprint density at radius 3 is 0.390 bits per heavy atom. The molecule has 0 saturated carbocycles. The zero-order chi connectivity index (χ0) is 87.8. The Balaban J connectivity index is -0.000000105. The molecule has 12 atom stereocenters. The van der Waals surface area contributed by atoms with E-state index in [0.717, 1.165) is 27.7 Å². The van der Waals surface area contributed by atoms with Crippen molar-refractivity contribution in [2.75, 3.05) is 26.7 Å². The van der Waals surface area contributed by atoms with Crippen LogP contribution in [0.15, 0.2) is 0 Å². The first-order valence-electron chi connectivity index (χ1n) is 26.7. The molecule has 0 aromatic heterocycles. The Morgan fingerprint density at radius 2 is 0.324 bits per heavy atom. The van der Waals surface area contributed by atoms with E-state index in [1.165, 1.54) is 0 Å². The van der Waals surface area contributed by atoms with Crippen LogP contribution in [0.2, 0.25) is 0 Å². The highest BCUT2D eigenvalue weighted by Crippen LogP contribution is 2.47. The summed E-state index contributed by atoms with van der Waals surface area (Å²) < 4.78 is 630. The molecular weight excluding hydrogens is 1650 g/mol. The molecule has 0 aliphatic heterocycles. The lowest BCUT2D eigenvalue weighted by Crippen LogP contribution is -2.39. The van der Waals surface area contributed by atoms with Gasteiger partial charge in [-0.05, 0) is 12.8 Å². The molecule has 55 heteroatoms. The molecule has 0 heterocycles. The van der Waals surface area contributed by atoms with Crippen molar-refractivity contribution in [1.29, 1.82) is 0 Å². The summed E-state index contributed by atoms with van der Waals surface area (Å²) in [4.78, 5) is 0. The van der Waals surface area contributed by atoms with Crippen molar-refractivity contribution in [2.45, 2.75) is 221 Å². The monoisotopic (exact) mass is 1710 g/mol. The normalized spacial score (nSPS) is 16.9. The zero-order valence-electron chi connectivity index (χ0n) is 53.6. The fourth-order valence-corrected chi connectivity index (χ4v) is 4.02. The lowest BCUT2D eigenvalue weighted by atomic mass is 9.89. The minimum absolute atomic E-state index is 0. The van der Waals surface area contributed by atoms with Crippen molar-refractivity contribution in [2.24, 2.45) is 71.0 Å². The molecule has 0 bridgehead atoms. The summed E-state index contributed by atoms with van der Waals surface area (Å²) >= 11 is 0. The average Bonchev–Trinajstić information content (AvgIpc) is 0.822. The van der Waals surface area contributed by atoms with E-state index in [9.17, 15) is 241 Å². The van der Waals surface area contributed by atoms with Crippen molar-refractivity contribution in [3.05, 3.63) is 0 Å². The van der Waals surface area contributed by atoms with Crippen LogP contribution in [-0.2, 0) is 0 Å². The second-order valence-corrected chi connectivity index (χ2v) is 21.2. The lowest BCUT2D eigenvalue weighted by molar-refractivity contribution is -0.272. The Hall–Kier alpha value is -3.85. The van der Waals surface area contributed by atoms with E-state index in [1.54, 1.807) is 0 Å². The first-order valence-corrected chi connectivity index (χ1v) is 26.7. The highest BCUT2D eigenvalue weighted by Gasteiger charge is 2.57. The third kappa shape index (κ3) is 78.1. The summed E-state index contributed by atoms with van der Waals surface area (Å²) in [5.41, 5.74) is 0. The maximum absolute atomic E-state index is 12.0. The first kappa shape index (κ1) is 125. The zero-order valence-corrected chi connectivity index (χ0v) is 53.6. The summed E-state index contributed by atoms with van der Waals surface area (Å²) in [6, 6.07) is 0. The Morgan fingerprint density at radius 1 is 0.181 bits per heavy atom. The summed E-state index contributed by atoms with van der Waals surface area (Å²) in [5.74, 6) is -28.1. The summed E-state index contributed by atoms with van der Waals surface area (Å²) in [5, 5.41) is 0. The number of rotatable bonds is 11. The van der Waals surface area contributed by atoms with E-state index in [0.29, 0.717) is 41.5 Å². The van der Waals surface area contributed by atoms with Gasteiger partial charge in [-0.2, -0.15) is 224 Å². The fraction of sp³-hybridized carbons (Fsp3) is 1.00. The van der Waals surface area contributed by atoms with Crippen LogP contribution in [0.5, 0.6) is 0 Å². The summed E-state index contributed by atoms with van der Waals surface area (Å²) in [7, 11) is 0. The standard InChI is InChI=1S/C7H7F9.5C6H8F6.2C4H6F4.2C2H2F4.CH4/c1-3(6(11,12)13)4(7(14,15)16)2-5(8,9)10;2*1-4(6(10,11)12)2-3-5(7,8)9;3*1-3(5(7,8)9)4(2)6(10,11)12;2*1-3(2-5)4(6,7)8;2*3-1-2(4,5)6;/h3-4H,2H2,1H3;2*4H,2-3H2,1H3;3*3-4H,1-2H3;2*3H,2H2,1H3;2*1H2;1H4. The van der Waals surface area contributed by atoms with Crippen molar-refractivity contribution in [3.63, 3.8) is 0 Å². The molecule has 0 spiro atoms. The summed E-state index contributed by atoms with van der Waals surface area (Å²) in [6.07, 6.45) is -88.0. The van der Waals surface area contributed by atoms with Gasteiger partial charge in [0.25, 0.3) is 0 Å². The van der Waals surface area contributed by atoms with Crippen LogP contribution in [0, 0.1) is 71.0 Å². The molecular formula is C50H67F55. The predicted molar refractivity (Wildman–Crippen MR) is 261 cm³/mol. The second-order valence-electron chi connectivity index (χ2n) is 21.2. The largest absolute Gasteiger partial charge is 0.416 e. The molecule has 652 valence electrons. The van der Waals surface area contributed by atoms with Crippen LogP contribution in [0.25, 0.3) is 0 Å². The minimum atomic E-state index is -5.54. The van der Waals surface area contributed by atoms with Gasteiger partial charge in [-0.1, -0.05) is 83.6 Å². The molecule has 0 aromatic carbocycles. The van der Waals surface area contributed by atoms with Gasteiger partial charge in [0.15, 0.2) is 13.3 Å². The third-order valence-corrected chi connectivity index (χ3v) is 12.1. The van der Waals surface area contributed by atoms with Gasteiger partial charge in [0.1, 0.15) is 13.3 Å². The molecule has 0 aliphatic rings. The maximum Gasteiger partial charge on any atom is 0.416 e. The van der Waals surface area contributed by atoms with Gasteiger partial charge in [0.2, 0.25) is 0 Å². The van der Waals surface area contributed by atoms with Crippen molar-refractivity contribution < 1.29 is 241 Å². The highest BCUT2D eigenvalue weighted by atomic mass is 19.5. The molecule has 0 aromatic rings. The average molecular weight is 1710 g/mol. The highest BCUT2D eigenvalue weighted by molar-refractivity contribution is 4.81. The lowest BCUT2D eigenvalue weighted by Gasteiger charge is -2.28. The van der Waals surface area contributed by atoms with Crippen LogP contribution in [-0.4, -0.2) is 132 Å². The quantitative estimate of drug-likeness (QED) is 0.181. The predicted octanol–water partition coefficient (Wildman–Crippen LogP) is 29.5. The topological polar surface area (TPSA) is 0 Å². The van der Waals surface area contributed by atoms with Gasteiger partial charge in [0, 0.05) is 12.8 Å². The molecule has 0 amide bonds. The van der Waals surface area contributed by atoms with Gasteiger partial charge < -0.3 is 0 Å². The van der Waals surface area contributed by atoms with Gasteiger partial charge in [-0.15, -0.1) is 0 Å². The molecule has 0 aliphatic carbocycles. The molecule has 105 heavy (non-hydrogen) atoms. The molecule has 0 saturated heterocycles. The van der Waals surface area contributed by atoms with Crippen LogP contribution >= 0.6 is 0 Å². The number of halogens is 55. The maximum atomic E-state index is 12.0. The minimum Gasteiger partial charge on any atom is -0.250 e. The van der Waals surface area contributed by atoms with Crippen molar-refractivity contribution in [1.82, 2.24) is 0 Å². The van der Waals surface area contributed by atoms with Gasteiger partial charge >= 0.3 is 105 Å². The molecule has 12 unspecified atom stereocenters. The van der Waals surface area contributed by atoms with Crippen molar-refractivity contribution in [3.8, 4) is 0 Å². The molecule has 0 radical (unpaired) electrons. The third-order valence-electron chi connectivity index (χ3n) is 12.1. The number of hydrogen-bond donors (Lipinski definition) is 0. The van der Waals surface area contributed by atoms with E-state index in [4.69, 9.17) is 0 Å². The molecule has 0 N–H and O–H groups in total. The van der Waals surface area contributed by atoms with Gasteiger partial charge in [-0.3, -0.25) is 8.78 Å². The Kier molecular flexibility index (Phi) is 57.1. The van der Waals surface area contributed by atoms with Crippen LogP contribution in [0.4, 0.5) is 241 Å². The van der Waals surface area contributed by atoms with Gasteiger partial charge in [-0.25, -0.2) is 8.78 Å². The number of alkyl halides is 55. The molecule has 0 nitrogen and oxygen atoms in total. The van der Waals surface area contributed by atoms with Crippen LogP contribution in [0.3, 0.4) is 0 Å². The van der Waals surface area contributed by atoms with Crippen molar-refractivity contribution >= 4 is 0 Å². The van der Waals surface area contributed by atoms with E-state index < -0.39 is 235 Å². The van der Waals surface area contributed by atoms with Crippen LogP contribution in [0.1, 0.15) is 116 Å². The Labute approximate surface area is 560 Å². The van der Waals surface area contributed by atoms with Crippen LogP contribution < -0.4 is 0 Å². The van der Waals surface area contributed by atoms with E-state index in [1.807, 2.05) is 0 Å². The second kappa shape index (κ2) is 48.0. The molecule has 0 fully saturated rings. The first-order chi connectivity index (χ1) is 44.3. The van der Waals surface area contributed by atoms with E-state index in [-0.39, 0.29) is 14.4 Å². The van der Waals surface area contributed by atoms with E-state index in [2.05, 4.69) is 0 Å². The Bertz CT molecular complexity index is 1850. The number of hydrogen-bond acceptors (Lipinski definition) is 0. The smallest absolute Gasteiger partial charge is 0.250 e. The summed E-state index contributed by atoms with van der Waals surface area (Å²) in [6.45, 7) is -0.780. The molecule has 0 rings (SSSR count).